The molecule has 1 aromatic rings. The van der Waals surface area contributed by atoms with Crippen molar-refractivity contribution < 1.29 is 14.4 Å². The van der Waals surface area contributed by atoms with Gasteiger partial charge in [-0.1, -0.05) is 71.9 Å². The monoisotopic (exact) mass is 468 g/mol. The second kappa shape index (κ2) is 14.0. The number of fused-ring (bicyclic) bond motifs is 1. The van der Waals surface area contributed by atoms with Crippen molar-refractivity contribution in [3.63, 3.8) is 0 Å². The molecule has 3 nitrogen and oxygen atoms in total. The molecule has 1 aromatic carbocycles. The number of benzene rings is 1. The molecule has 0 N–H and O–H groups in total. The lowest BCUT2D eigenvalue weighted by molar-refractivity contribution is -0.129. The highest BCUT2D eigenvalue weighted by atomic mass is 16.1. The van der Waals surface area contributed by atoms with Crippen LogP contribution in [-0.4, -0.2) is 17.3 Å². The molecule has 0 saturated heterocycles. The number of ketones is 3. The first-order valence-corrected chi connectivity index (χ1v) is 13.9. The summed E-state index contributed by atoms with van der Waals surface area (Å²) >= 11 is 0. The molecule has 190 valence electrons. The van der Waals surface area contributed by atoms with Gasteiger partial charge in [0.15, 0.2) is 5.78 Å². The van der Waals surface area contributed by atoms with Crippen LogP contribution in [0.2, 0.25) is 0 Å². The van der Waals surface area contributed by atoms with E-state index in [2.05, 4.69) is 46.8 Å². The first-order valence-electron chi connectivity index (χ1n) is 13.9. The SMILES string of the molecule is CCC.CCCC(CC1CC(=O)c2c(C)ccc(C3CCCC3)c2C1)C(CC)C(=O)CC(C)=O. The molecule has 0 spiro atoms. The lowest BCUT2D eigenvalue weighted by Crippen LogP contribution is -2.30. The zero-order valence-corrected chi connectivity index (χ0v) is 22.7. The van der Waals surface area contributed by atoms with Gasteiger partial charge in [0.1, 0.15) is 11.6 Å². The van der Waals surface area contributed by atoms with E-state index in [9.17, 15) is 14.4 Å². The third-order valence-electron chi connectivity index (χ3n) is 7.74. The maximum atomic E-state index is 13.2. The van der Waals surface area contributed by atoms with Gasteiger partial charge in [-0.15, -0.1) is 0 Å². The maximum absolute atomic E-state index is 13.2. The largest absolute Gasteiger partial charge is 0.300 e. The molecule has 0 amide bonds. The molecular weight excluding hydrogens is 420 g/mol. The summed E-state index contributed by atoms with van der Waals surface area (Å²) in [5.74, 6) is 1.45. The summed E-state index contributed by atoms with van der Waals surface area (Å²) in [6.45, 7) is 12.1. The molecule has 0 heterocycles. The van der Waals surface area contributed by atoms with E-state index in [0.717, 1.165) is 43.2 Å². The minimum absolute atomic E-state index is 0.0443. The molecule has 0 radical (unpaired) electrons. The number of aryl methyl sites for hydroxylation is 1. The fourth-order valence-corrected chi connectivity index (χ4v) is 6.38. The lowest BCUT2D eigenvalue weighted by Gasteiger charge is -2.33. The van der Waals surface area contributed by atoms with Gasteiger partial charge in [-0.2, -0.15) is 0 Å². The van der Waals surface area contributed by atoms with Crippen LogP contribution in [0.25, 0.3) is 0 Å². The van der Waals surface area contributed by atoms with Gasteiger partial charge in [0, 0.05) is 17.9 Å². The minimum Gasteiger partial charge on any atom is -0.300 e. The Morgan fingerprint density at radius 2 is 1.68 bits per heavy atom. The third-order valence-corrected chi connectivity index (χ3v) is 7.74. The number of hydrogen-bond donors (Lipinski definition) is 0. The number of carbonyl (C=O) groups excluding carboxylic acids is 3. The Kier molecular flexibility index (Phi) is 11.7. The second-order valence-corrected chi connectivity index (χ2v) is 10.9. The average Bonchev–Trinajstić information content (AvgIpc) is 3.29. The molecule has 3 heteroatoms. The topological polar surface area (TPSA) is 51.2 Å². The van der Waals surface area contributed by atoms with Gasteiger partial charge in [-0.3, -0.25) is 14.4 Å². The summed E-state index contributed by atoms with van der Waals surface area (Å²) < 4.78 is 0. The van der Waals surface area contributed by atoms with Crippen LogP contribution < -0.4 is 0 Å². The van der Waals surface area contributed by atoms with Crippen molar-refractivity contribution in [2.24, 2.45) is 17.8 Å². The van der Waals surface area contributed by atoms with Crippen LogP contribution in [0.3, 0.4) is 0 Å². The summed E-state index contributed by atoms with van der Waals surface area (Å²) in [6, 6.07) is 4.44. The summed E-state index contributed by atoms with van der Waals surface area (Å²) in [5.41, 5.74) is 4.84. The Morgan fingerprint density at radius 1 is 1.03 bits per heavy atom. The van der Waals surface area contributed by atoms with Crippen LogP contribution in [-0.2, 0) is 16.0 Å². The van der Waals surface area contributed by atoms with E-state index in [1.165, 1.54) is 50.2 Å². The summed E-state index contributed by atoms with van der Waals surface area (Å²) in [4.78, 5) is 37.6. The van der Waals surface area contributed by atoms with Gasteiger partial charge in [0.25, 0.3) is 0 Å². The van der Waals surface area contributed by atoms with Gasteiger partial charge in [-0.25, -0.2) is 0 Å². The van der Waals surface area contributed by atoms with E-state index >= 15 is 0 Å². The predicted octanol–water partition coefficient (Wildman–Crippen LogP) is 8.19. The Balaban J connectivity index is 0.00000129. The van der Waals surface area contributed by atoms with Crippen molar-refractivity contribution in [3.8, 4) is 0 Å². The molecule has 3 unspecified atom stereocenters. The molecule has 34 heavy (non-hydrogen) atoms. The predicted molar refractivity (Wildman–Crippen MR) is 142 cm³/mol. The van der Waals surface area contributed by atoms with Crippen LogP contribution in [0, 0.1) is 24.7 Å². The Morgan fingerprint density at radius 3 is 2.24 bits per heavy atom. The summed E-state index contributed by atoms with van der Waals surface area (Å²) in [6.07, 6.45) is 11.6. The Bertz CT molecular complexity index is 831. The molecule has 1 fully saturated rings. The van der Waals surface area contributed by atoms with Crippen LogP contribution in [0.1, 0.15) is 138 Å². The molecule has 0 aliphatic heterocycles. The Labute approximate surface area is 208 Å². The van der Waals surface area contributed by atoms with E-state index < -0.39 is 0 Å². The standard InChI is InChI=1S/C28H40O3.C3H8/c1-5-9-22(23(6-2)26(30)14-19(4)29)15-20-16-25-24(21-10-7-8-11-21)13-12-18(3)28(25)27(31)17-20;1-3-2/h12-13,20-23H,5-11,14-17H2,1-4H3;3H2,1-2H3. The van der Waals surface area contributed by atoms with Gasteiger partial charge in [0.05, 0.1) is 6.42 Å². The first kappa shape index (κ1) is 28.5. The van der Waals surface area contributed by atoms with E-state index in [1.54, 1.807) is 0 Å². The zero-order chi connectivity index (χ0) is 25.3. The highest BCUT2D eigenvalue weighted by Gasteiger charge is 2.34. The van der Waals surface area contributed by atoms with Gasteiger partial charge < -0.3 is 0 Å². The van der Waals surface area contributed by atoms with Crippen molar-refractivity contribution in [2.45, 2.75) is 125 Å². The van der Waals surface area contributed by atoms with E-state index in [-0.39, 0.29) is 29.8 Å². The molecule has 3 atom stereocenters. The Hall–Kier alpha value is -1.77. The van der Waals surface area contributed by atoms with Crippen molar-refractivity contribution in [1.29, 1.82) is 0 Å². The fraction of sp³-hybridized carbons (Fsp3) is 0.710. The summed E-state index contributed by atoms with van der Waals surface area (Å²) in [5, 5.41) is 0. The highest BCUT2D eigenvalue weighted by Crippen LogP contribution is 2.42. The maximum Gasteiger partial charge on any atom is 0.163 e. The molecular formula is C31H48O3. The number of Topliss-reactive ketones (excluding diaryl/α,β-unsaturated/α-hetero) is 3. The lowest BCUT2D eigenvalue weighted by atomic mass is 9.70. The van der Waals surface area contributed by atoms with Crippen LogP contribution in [0.5, 0.6) is 0 Å². The van der Waals surface area contributed by atoms with Gasteiger partial charge >= 0.3 is 0 Å². The third kappa shape index (κ3) is 7.36. The van der Waals surface area contributed by atoms with Crippen LogP contribution >= 0.6 is 0 Å². The molecule has 0 aromatic heterocycles. The van der Waals surface area contributed by atoms with Gasteiger partial charge in [-0.05, 0) is 80.4 Å². The highest BCUT2D eigenvalue weighted by molar-refractivity contribution is 6.00. The van der Waals surface area contributed by atoms with Crippen molar-refractivity contribution in [2.75, 3.05) is 0 Å². The van der Waals surface area contributed by atoms with Gasteiger partial charge in [0.2, 0.25) is 0 Å². The number of carbonyl (C=O) groups is 3. The normalized spacial score (nSPS) is 19.7. The van der Waals surface area contributed by atoms with Crippen molar-refractivity contribution in [1.82, 2.24) is 0 Å². The van der Waals surface area contributed by atoms with Crippen molar-refractivity contribution in [3.05, 3.63) is 34.4 Å². The quantitative estimate of drug-likeness (QED) is 0.325. The minimum atomic E-state index is -0.0628. The zero-order valence-electron chi connectivity index (χ0n) is 22.7. The molecule has 2 aliphatic carbocycles. The van der Waals surface area contributed by atoms with E-state index in [0.29, 0.717) is 24.0 Å². The first-order chi connectivity index (χ1) is 16.3. The number of rotatable bonds is 10. The molecule has 0 bridgehead atoms. The second-order valence-electron chi connectivity index (χ2n) is 10.9. The number of hydrogen-bond acceptors (Lipinski definition) is 3. The molecule has 1 saturated carbocycles. The smallest absolute Gasteiger partial charge is 0.163 e. The van der Waals surface area contributed by atoms with Crippen LogP contribution in [0.15, 0.2) is 12.1 Å². The fourth-order valence-electron chi connectivity index (χ4n) is 6.38. The van der Waals surface area contributed by atoms with E-state index in [1.807, 2.05) is 0 Å². The molecule has 2 aliphatic rings. The average molecular weight is 469 g/mol. The van der Waals surface area contributed by atoms with Crippen molar-refractivity contribution >= 4 is 17.3 Å². The molecule has 3 rings (SSSR count). The summed E-state index contributed by atoms with van der Waals surface area (Å²) in [7, 11) is 0. The van der Waals surface area contributed by atoms with E-state index in [4.69, 9.17) is 0 Å². The van der Waals surface area contributed by atoms with Crippen LogP contribution in [0.4, 0.5) is 0 Å².